The highest BCUT2D eigenvalue weighted by molar-refractivity contribution is 6.30. The second kappa shape index (κ2) is 8.19. The number of quaternary nitrogens is 1. The van der Waals surface area contributed by atoms with Crippen molar-refractivity contribution in [1.82, 2.24) is 0 Å². The van der Waals surface area contributed by atoms with Gasteiger partial charge in [-0.05, 0) is 38.1 Å². The third-order valence-corrected chi connectivity index (χ3v) is 2.93. The van der Waals surface area contributed by atoms with E-state index in [0.29, 0.717) is 17.4 Å². The van der Waals surface area contributed by atoms with Crippen LogP contribution in [0, 0.1) is 0 Å². The number of carbonyl (C=O) groups excluding carboxylic acids is 1. The molecule has 0 aromatic heterocycles. The summed E-state index contributed by atoms with van der Waals surface area (Å²) in [6.45, 7) is 4.50. The van der Waals surface area contributed by atoms with Gasteiger partial charge in [-0.25, -0.2) is 4.79 Å². The molecule has 0 aliphatic carbocycles. The van der Waals surface area contributed by atoms with E-state index in [1.54, 1.807) is 38.1 Å². The number of halogens is 2. The summed E-state index contributed by atoms with van der Waals surface area (Å²) in [7, 11) is 6.13. The van der Waals surface area contributed by atoms with Crippen molar-refractivity contribution in [2.45, 2.75) is 19.4 Å². The molecule has 1 aromatic rings. The van der Waals surface area contributed by atoms with Gasteiger partial charge in [0.25, 0.3) is 0 Å². The van der Waals surface area contributed by atoms with E-state index in [9.17, 15) is 4.79 Å². The smallest absolute Gasteiger partial charge is 0.350 e. The zero-order valence-corrected chi connectivity index (χ0v) is 16.1. The molecule has 120 valence electrons. The lowest BCUT2D eigenvalue weighted by Crippen LogP contribution is -3.00. The van der Waals surface area contributed by atoms with E-state index < -0.39 is 5.60 Å². The monoisotopic (exact) mass is 427 g/mol. The Morgan fingerprint density at radius 3 is 2.19 bits per heavy atom. The van der Waals surface area contributed by atoms with Gasteiger partial charge in [0, 0.05) is 5.02 Å². The fourth-order valence-electron chi connectivity index (χ4n) is 1.42. The molecule has 0 aliphatic rings. The lowest BCUT2D eigenvalue weighted by Gasteiger charge is -2.27. The van der Waals surface area contributed by atoms with Gasteiger partial charge in [0.2, 0.25) is 0 Å². The minimum Gasteiger partial charge on any atom is -1.00 e. The quantitative estimate of drug-likeness (QED) is 0.357. The van der Waals surface area contributed by atoms with E-state index in [-0.39, 0.29) is 29.9 Å². The molecule has 0 fully saturated rings. The van der Waals surface area contributed by atoms with Gasteiger partial charge in [0.1, 0.15) is 18.9 Å². The summed E-state index contributed by atoms with van der Waals surface area (Å²) in [5, 5.41) is 0.626. The summed E-state index contributed by atoms with van der Waals surface area (Å²) >= 11 is 5.81. The first-order valence-electron chi connectivity index (χ1n) is 6.52. The van der Waals surface area contributed by atoms with Gasteiger partial charge in [-0.2, -0.15) is 0 Å². The fourth-order valence-corrected chi connectivity index (χ4v) is 1.55. The minimum atomic E-state index is -1.03. The van der Waals surface area contributed by atoms with Crippen molar-refractivity contribution in [1.29, 1.82) is 0 Å². The van der Waals surface area contributed by atoms with Crippen molar-refractivity contribution in [2.75, 3.05) is 34.3 Å². The highest BCUT2D eigenvalue weighted by Gasteiger charge is 2.32. The molecule has 1 aromatic carbocycles. The van der Waals surface area contributed by atoms with Gasteiger partial charge >= 0.3 is 5.97 Å². The third-order valence-electron chi connectivity index (χ3n) is 2.67. The molecule has 0 heterocycles. The lowest BCUT2D eigenvalue weighted by molar-refractivity contribution is -0.870. The Morgan fingerprint density at radius 1 is 1.19 bits per heavy atom. The number of nitrogens with zero attached hydrogens (tertiary/aromatic N) is 1. The number of benzene rings is 1. The molecule has 21 heavy (non-hydrogen) atoms. The van der Waals surface area contributed by atoms with Crippen LogP contribution in [0.2, 0.25) is 5.02 Å². The van der Waals surface area contributed by atoms with Crippen LogP contribution in [0.4, 0.5) is 0 Å². The Hall–Kier alpha value is -0.530. The molecule has 0 saturated heterocycles. The van der Waals surface area contributed by atoms with Crippen LogP contribution in [0.25, 0.3) is 0 Å². The predicted octanol–water partition coefficient (Wildman–Crippen LogP) is -0.249. The van der Waals surface area contributed by atoms with Crippen LogP contribution in [0.15, 0.2) is 24.3 Å². The molecule has 0 saturated carbocycles. The maximum absolute atomic E-state index is 12.0. The van der Waals surface area contributed by atoms with Crippen molar-refractivity contribution in [3.8, 4) is 5.75 Å². The van der Waals surface area contributed by atoms with Gasteiger partial charge in [-0.15, -0.1) is 0 Å². The first kappa shape index (κ1) is 20.5. The number of hydrogen-bond acceptors (Lipinski definition) is 3. The molecule has 4 nitrogen and oxygen atoms in total. The van der Waals surface area contributed by atoms with Crippen LogP contribution in [-0.4, -0.2) is 50.3 Å². The number of carbonyl (C=O) groups is 1. The maximum Gasteiger partial charge on any atom is 0.350 e. The zero-order chi connectivity index (χ0) is 15.4. The number of likely N-dealkylation sites (N-methyl/N-ethyl adjacent to an activating group) is 1. The molecule has 6 heteroatoms. The second-order valence-corrected chi connectivity index (χ2v) is 6.65. The summed E-state index contributed by atoms with van der Waals surface area (Å²) in [5.74, 6) is 0.212. The van der Waals surface area contributed by atoms with Crippen LogP contribution in [0.5, 0.6) is 5.75 Å². The Balaban J connectivity index is 0.00000400. The van der Waals surface area contributed by atoms with E-state index in [4.69, 9.17) is 21.1 Å². The van der Waals surface area contributed by atoms with E-state index in [1.165, 1.54) is 0 Å². The highest BCUT2D eigenvalue weighted by Crippen LogP contribution is 2.21. The van der Waals surface area contributed by atoms with Crippen LogP contribution >= 0.6 is 11.6 Å². The van der Waals surface area contributed by atoms with Crippen molar-refractivity contribution in [3.63, 3.8) is 0 Å². The Morgan fingerprint density at radius 2 is 1.71 bits per heavy atom. The van der Waals surface area contributed by atoms with Crippen LogP contribution in [0.3, 0.4) is 0 Å². The maximum atomic E-state index is 12.0. The van der Waals surface area contributed by atoms with E-state index in [1.807, 2.05) is 21.1 Å². The summed E-state index contributed by atoms with van der Waals surface area (Å²) in [6, 6.07) is 6.89. The van der Waals surface area contributed by atoms with Gasteiger partial charge in [0.15, 0.2) is 5.60 Å². The van der Waals surface area contributed by atoms with E-state index in [2.05, 4.69) is 0 Å². The lowest BCUT2D eigenvalue weighted by atomic mass is 10.1. The summed E-state index contributed by atoms with van der Waals surface area (Å²) in [5.41, 5.74) is -1.03. The van der Waals surface area contributed by atoms with Gasteiger partial charge in [-0.1, -0.05) is 11.6 Å². The van der Waals surface area contributed by atoms with Gasteiger partial charge < -0.3 is 37.9 Å². The van der Waals surface area contributed by atoms with Crippen LogP contribution in [-0.2, 0) is 9.53 Å². The fraction of sp³-hybridized carbons (Fsp3) is 0.533. The average molecular weight is 428 g/mol. The van der Waals surface area contributed by atoms with Crippen molar-refractivity contribution >= 4 is 17.6 Å². The SMILES string of the molecule is CC(C)(Oc1ccc(Cl)cc1)C(=O)OCC[N+](C)(C)C.[I-]. The molecule has 0 bridgehead atoms. The molecule has 0 unspecified atom stereocenters. The van der Waals surface area contributed by atoms with Crippen LogP contribution < -0.4 is 28.7 Å². The molecular weight excluding hydrogens is 405 g/mol. The first-order valence-corrected chi connectivity index (χ1v) is 6.90. The zero-order valence-electron chi connectivity index (χ0n) is 13.2. The molecule has 1 rings (SSSR count). The molecule has 0 amide bonds. The molecular formula is C15H23ClINO3. The number of esters is 1. The van der Waals surface area contributed by atoms with Crippen molar-refractivity contribution in [2.24, 2.45) is 0 Å². The molecule has 0 radical (unpaired) electrons. The van der Waals surface area contributed by atoms with Crippen LogP contribution in [0.1, 0.15) is 13.8 Å². The third kappa shape index (κ3) is 7.87. The molecule has 0 spiro atoms. The second-order valence-electron chi connectivity index (χ2n) is 6.22. The molecule has 0 N–H and O–H groups in total. The average Bonchev–Trinajstić information content (AvgIpc) is 2.30. The van der Waals surface area contributed by atoms with Gasteiger partial charge in [-0.3, -0.25) is 0 Å². The highest BCUT2D eigenvalue weighted by atomic mass is 127. The molecule has 0 atom stereocenters. The topological polar surface area (TPSA) is 35.5 Å². The number of ether oxygens (including phenoxy) is 2. The number of rotatable bonds is 6. The Kier molecular flexibility index (Phi) is 7.99. The van der Waals surface area contributed by atoms with E-state index in [0.717, 1.165) is 11.0 Å². The van der Waals surface area contributed by atoms with Gasteiger partial charge in [0.05, 0.1) is 21.1 Å². The Bertz CT molecular complexity index is 455. The summed E-state index contributed by atoms with van der Waals surface area (Å²) in [4.78, 5) is 12.0. The predicted molar refractivity (Wildman–Crippen MR) is 80.0 cm³/mol. The largest absolute Gasteiger partial charge is 1.00 e. The standard InChI is InChI=1S/C15H23ClNO3.HI/c1-15(2,14(18)19-11-10-17(3,4)5)20-13-8-6-12(16)7-9-13;/h6-9H,10-11H2,1-5H3;1H/q+1;/p-1. The number of hydrogen-bond donors (Lipinski definition) is 0. The molecule has 0 aliphatic heterocycles. The Labute approximate surface area is 149 Å². The van der Waals surface area contributed by atoms with E-state index >= 15 is 0 Å². The summed E-state index contributed by atoms with van der Waals surface area (Å²) in [6.07, 6.45) is 0. The van der Waals surface area contributed by atoms with Crippen molar-refractivity contribution < 1.29 is 42.7 Å². The summed E-state index contributed by atoms with van der Waals surface area (Å²) < 4.78 is 11.7. The van der Waals surface area contributed by atoms with Crippen molar-refractivity contribution in [3.05, 3.63) is 29.3 Å². The first-order chi connectivity index (χ1) is 9.10. The normalized spacial score (nSPS) is 11.5. The minimum absolute atomic E-state index is 0.